The van der Waals surface area contributed by atoms with Crippen LogP contribution in [0.4, 0.5) is 17.6 Å². The number of benzene rings is 1. The third kappa shape index (κ3) is 3.49. The molecule has 0 heterocycles. The summed E-state index contributed by atoms with van der Waals surface area (Å²) in [4.78, 5) is 11.9. The van der Waals surface area contributed by atoms with E-state index in [0.717, 1.165) is 6.07 Å². The molecule has 0 aliphatic heterocycles. The highest BCUT2D eigenvalue weighted by molar-refractivity contribution is 5.94. The Bertz CT molecular complexity index is 486. The highest BCUT2D eigenvalue weighted by Gasteiger charge is 2.42. The van der Waals surface area contributed by atoms with Gasteiger partial charge in [-0.1, -0.05) is 18.6 Å². The lowest BCUT2D eigenvalue weighted by Crippen LogP contribution is -2.41. The molecule has 6 heteroatoms. The maximum absolute atomic E-state index is 13.4. The van der Waals surface area contributed by atoms with Gasteiger partial charge in [0, 0.05) is 6.04 Å². The Morgan fingerprint density at radius 2 is 1.90 bits per heavy atom. The molecule has 110 valence electrons. The maximum Gasteiger partial charge on any atom is 0.391 e. The highest BCUT2D eigenvalue weighted by atomic mass is 19.4. The van der Waals surface area contributed by atoms with Crippen LogP contribution < -0.4 is 5.32 Å². The monoisotopic (exact) mass is 289 g/mol. The summed E-state index contributed by atoms with van der Waals surface area (Å²) in [5, 5.41) is 2.50. The first-order valence-electron chi connectivity index (χ1n) is 6.50. The normalized spacial score (nSPS) is 23.4. The van der Waals surface area contributed by atoms with E-state index in [1.54, 1.807) is 0 Å². The third-order valence-corrected chi connectivity index (χ3v) is 3.59. The minimum Gasteiger partial charge on any atom is -0.349 e. The summed E-state index contributed by atoms with van der Waals surface area (Å²) >= 11 is 0. The average molecular weight is 289 g/mol. The molecule has 0 aromatic heterocycles. The Morgan fingerprint density at radius 3 is 2.55 bits per heavy atom. The molecule has 2 atom stereocenters. The van der Waals surface area contributed by atoms with Gasteiger partial charge in [-0.05, 0) is 31.4 Å². The molecule has 1 aliphatic carbocycles. The Labute approximate surface area is 114 Å². The van der Waals surface area contributed by atoms with Gasteiger partial charge in [-0.15, -0.1) is 0 Å². The minimum absolute atomic E-state index is 0.0928. The number of carbonyl (C=O) groups is 1. The van der Waals surface area contributed by atoms with Gasteiger partial charge in [0.2, 0.25) is 0 Å². The number of carbonyl (C=O) groups excluding carboxylic acids is 1. The van der Waals surface area contributed by atoms with Crippen LogP contribution in [0.5, 0.6) is 0 Å². The van der Waals surface area contributed by atoms with E-state index in [-0.39, 0.29) is 18.4 Å². The SMILES string of the molecule is O=C(N[C@H]1CCC[C@H](C(F)(F)F)C1)c1ccccc1F. The van der Waals surface area contributed by atoms with Crippen molar-refractivity contribution in [3.05, 3.63) is 35.6 Å². The lowest BCUT2D eigenvalue weighted by atomic mass is 9.85. The van der Waals surface area contributed by atoms with Crippen LogP contribution in [0.25, 0.3) is 0 Å². The lowest BCUT2D eigenvalue weighted by molar-refractivity contribution is -0.183. The van der Waals surface area contributed by atoms with Crippen molar-refractivity contribution in [1.82, 2.24) is 5.32 Å². The van der Waals surface area contributed by atoms with Crippen LogP contribution in [0, 0.1) is 11.7 Å². The molecule has 1 aromatic rings. The summed E-state index contributed by atoms with van der Waals surface area (Å²) in [6.07, 6.45) is -3.38. The molecule has 0 bridgehead atoms. The summed E-state index contributed by atoms with van der Waals surface area (Å²) in [5.41, 5.74) is -0.137. The summed E-state index contributed by atoms with van der Waals surface area (Å²) in [6, 6.07) is 4.87. The van der Waals surface area contributed by atoms with E-state index in [1.165, 1.54) is 18.2 Å². The molecule has 1 saturated carbocycles. The smallest absolute Gasteiger partial charge is 0.349 e. The fourth-order valence-corrected chi connectivity index (χ4v) is 2.53. The van der Waals surface area contributed by atoms with Crippen LogP contribution in [0.1, 0.15) is 36.0 Å². The first-order valence-corrected chi connectivity index (χ1v) is 6.50. The first kappa shape index (κ1) is 14.8. The van der Waals surface area contributed by atoms with Crippen molar-refractivity contribution in [2.75, 3.05) is 0 Å². The van der Waals surface area contributed by atoms with Gasteiger partial charge >= 0.3 is 6.18 Å². The van der Waals surface area contributed by atoms with E-state index in [1.807, 2.05) is 0 Å². The highest BCUT2D eigenvalue weighted by Crippen LogP contribution is 2.37. The fourth-order valence-electron chi connectivity index (χ4n) is 2.53. The van der Waals surface area contributed by atoms with Gasteiger partial charge in [0.15, 0.2) is 0 Å². The zero-order chi connectivity index (χ0) is 14.8. The zero-order valence-electron chi connectivity index (χ0n) is 10.7. The van der Waals surface area contributed by atoms with Gasteiger partial charge < -0.3 is 5.32 Å². The number of alkyl halides is 3. The topological polar surface area (TPSA) is 29.1 Å². The van der Waals surface area contributed by atoms with Crippen LogP contribution in [0.2, 0.25) is 0 Å². The number of amides is 1. The molecular weight excluding hydrogens is 274 g/mol. The Kier molecular flexibility index (Phi) is 4.30. The van der Waals surface area contributed by atoms with E-state index in [2.05, 4.69) is 5.32 Å². The second-order valence-electron chi connectivity index (χ2n) is 5.06. The average Bonchev–Trinajstić information content (AvgIpc) is 2.38. The number of hydrogen-bond acceptors (Lipinski definition) is 1. The second kappa shape index (κ2) is 5.81. The van der Waals surface area contributed by atoms with Crippen LogP contribution in [-0.4, -0.2) is 18.1 Å². The van der Waals surface area contributed by atoms with Gasteiger partial charge in [0.25, 0.3) is 5.91 Å². The van der Waals surface area contributed by atoms with Crippen molar-refractivity contribution >= 4 is 5.91 Å². The molecule has 0 radical (unpaired) electrons. The standard InChI is InChI=1S/C14H15F4NO/c15-12-7-2-1-6-11(12)13(20)19-10-5-3-4-9(8-10)14(16,17)18/h1-2,6-7,9-10H,3-5,8H2,(H,19,20)/t9-,10-/m0/s1. The predicted octanol–water partition coefficient (Wildman–Crippen LogP) is 3.68. The van der Waals surface area contributed by atoms with Crippen molar-refractivity contribution in [1.29, 1.82) is 0 Å². The van der Waals surface area contributed by atoms with Gasteiger partial charge in [0.05, 0.1) is 11.5 Å². The van der Waals surface area contributed by atoms with Crippen LogP contribution in [-0.2, 0) is 0 Å². The van der Waals surface area contributed by atoms with Crippen LogP contribution >= 0.6 is 0 Å². The number of rotatable bonds is 2. The molecule has 1 fully saturated rings. The van der Waals surface area contributed by atoms with Crippen molar-refractivity contribution < 1.29 is 22.4 Å². The number of nitrogens with one attached hydrogen (secondary N) is 1. The Morgan fingerprint density at radius 1 is 1.20 bits per heavy atom. The molecule has 1 aliphatic rings. The van der Waals surface area contributed by atoms with E-state index in [4.69, 9.17) is 0 Å². The molecule has 1 aromatic carbocycles. The van der Waals surface area contributed by atoms with Crippen LogP contribution in [0.15, 0.2) is 24.3 Å². The molecule has 1 amide bonds. The molecule has 0 unspecified atom stereocenters. The summed E-state index contributed by atoms with van der Waals surface area (Å²) in [7, 11) is 0. The maximum atomic E-state index is 13.4. The largest absolute Gasteiger partial charge is 0.391 e. The van der Waals surface area contributed by atoms with Gasteiger partial charge in [-0.2, -0.15) is 13.2 Å². The molecule has 0 spiro atoms. The quantitative estimate of drug-likeness (QED) is 0.827. The number of halogens is 4. The van der Waals surface area contributed by atoms with Gasteiger partial charge in [-0.25, -0.2) is 4.39 Å². The molecule has 2 nitrogen and oxygen atoms in total. The third-order valence-electron chi connectivity index (χ3n) is 3.59. The number of hydrogen-bond donors (Lipinski definition) is 1. The summed E-state index contributed by atoms with van der Waals surface area (Å²) in [5.74, 6) is -2.72. The van der Waals surface area contributed by atoms with Crippen molar-refractivity contribution in [3.8, 4) is 0 Å². The Hall–Kier alpha value is -1.59. The minimum atomic E-state index is -4.23. The molecule has 1 N–H and O–H groups in total. The summed E-state index contributed by atoms with van der Waals surface area (Å²) in [6.45, 7) is 0. The van der Waals surface area contributed by atoms with E-state index in [9.17, 15) is 22.4 Å². The van der Waals surface area contributed by atoms with Crippen molar-refractivity contribution in [2.45, 2.75) is 37.9 Å². The van der Waals surface area contributed by atoms with E-state index in [0.29, 0.717) is 12.8 Å². The Balaban J connectivity index is 2.00. The molecule has 0 saturated heterocycles. The first-order chi connectivity index (χ1) is 9.38. The van der Waals surface area contributed by atoms with Crippen molar-refractivity contribution in [2.24, 2.45) is 5.92 Å². The van der Waals surface area contributed by atoms with Gasteiger partial charge in [0.1, 0.15) is 5.82 Å². The van der Waals surface area contributed by atoms with E-state index >= 15 is 0 Å². The van der Waals surface area contributed by atoms with Gasteiger partial charge in [-0.3, -0.25) is 4.79 Å². The van der Waals surface area contributed by atoms with Crippen LogP contribution in [0.3, 0.4) is 0 Å². The molecule has 20 heavy (non-hydrogen) atoms. The second-order valence-corrected chi connectivity index (χ2v) is 5.06. The molecule has 2 rings (SSSR count). The fraction of sp³-hybridized carbons (Fsp3) is 0.500. The summed E-state index contributed by atoms with van der Waals surface area (Å²) < 4.78 is 51.4. The molecular formula is C14H15F4NO. The predicted molar refractivity (Wildman–Crippen MR) is 65.7 cm³/mol. The zero-order valence-corrected chi connectivity index (χ0v) is 10.7. The van der Waals surface area contributed by atoms with Crippen molar-refractivity contribution in [3.63, 3.8) is 0 Å². The van der Waals surface area contributed by atoms with E-state index < -0.39 is 29.9 Å². The lowest BCUT2D eigenvalue weighted by Gasteiger charge is -2.31.